The lowest BCUT2D eigenvalue weighted by Gasteiger charge is -2.20. The summed E-state index contributed by atoms with van der Waals surface area (Å²) in [4.78, 5) is 21.4. The van der Waals surface area contributed by atoms with E-state index in [-0.39, 0.29) is 46.1 Å². The largest absolute Gasteiger partial charge is 0.476 e. The summed E-state index contributed by atoms with van der Waals surface area (Å²) in [6, 6.07) is 9.85. The number of nitrogens with zero attached hydrogens (tertiary/aromatic N) is 4. The Morgan fingerprint density at radius 3 is 2.46 bits per heavy atom. The SMILES string of the molecule is CC1(C)CCC(CCCNc2cccc(S(=O)(=O)NC(=O)c3ccc(-n4ccc(OCC5C6(CC6)C56CC6)n4)nc3Cl)n2)N1.Cl.Cl. The average Bonchev–Trinajstić information content (AvgIpc) is 3.93. The molecule has 7 rings (SSSR count). The number of nitrogens with one attached hydrogen (secondary N) is 3. The molecule has 1 atom stereocenters. The predicted octanol–water partition coefficient (Wildman–Crippen LogP) is 5.57. The van der Waals surface area contributed by atoms with E-state index in [0.29, 0.717) is 53.5 Å². The molecule has 4 heterocycles. The van der Waals surface area contributed by atoms with Gasteiger partial charge in [-0.1, -0.05) is 17.7 Å². The molecule has 250 valence electrons. The minimum absolute atomic E-state index is 0. The number of pyridine rings is 2. The number of anilines is 1. The van der Waals surface area contributed by atoms with Crippen molar-refractivity contribution in [1.82, 2.24) is 29.8 Å². The molecule has 3 saturated carbocycles. The van der Waals surface area contributed by atoms with Crippen molar-refractivity contribution in [3.8, 4) is 11.7 Å². The van der Waals surface area contributed by atoms with Crippen molar-refractivity contribution < 1.29 is 17.9 Å². The van der Waals surface area contributed by atoms with Crippen LogP contribution in [0, 0.1) is 16.7 Å². The second kappa shape index (κ2) is 12.8. The molecule has 1 saturated heterocycles. The molecule has 0 bridgehead atoms. The Hall–Kier alpha value is -2.64. The van der Waals surface area contributed by atoms with Gasteiger partial charge in [0.2, 0.25) is 5.88 Å². The lowest BCUT2D eigenvalue weighted by molar-refractivity contribution is 0.0981. The van der Waals surface area contributed by atoms with E-state index in [0.717, 1.165) is 25.7 Å². The maximum absolute atomic E-state index is 13.0. The number of hydrogen-bond donors (Lipinski definition) is 3. The van der Waals surface area contributed by atoms with Crippen LogP contribution in [-0.2, 0) is 10.0 Å². The minimum atomic E-state index is -4.26. The summed E-state index contributed by atoms with van der Waals surface area (Å²) in [6.07, 6.45) is 11.3. The molecule has 2 spiro atoms. The number of carbonyl (C=O) groups is 1. The summed E-state index contributed by atoms with van der Waals surface area (Å²) < 4.78 is 35.6. The normalized spacial score (nSPS) is 21.2. The van der Waals surface area contributed by atoms with Crippen molar-refractivity contribution in [2.75, 3.05) is 18.5 Å². The number of carbonyl (C=O) groups excluding carboxylic acids is 1. The highest BCUT2D eigenvalue weighted by atomic mass is 35.5. The van der Waals surface area contributed by atoms with Gasteiger partial charge >= 0.3 is 0 Å². The highest BCUT2D eigenvalue weighted by Gasteiger charge is 2.86. The lowest BCUT2D eigenvalue weighted by atomic mass is 10.0. The van der Waals surface area contributed by atoms with Crippen molar-refractivity contribution >= 4 is 58.2 Å². The Bertz CT molecular complexity index is 1690. The van der Waals surface area contributed by atoms with Crippen molar-refractivity contribution in [3.63, 3.8) is 0 Å². The van der Waals surface area contributed by atoms with E-state index in [4.69, 9.17) is 16.3 Å². The van der Waals surface area contributed by atoms with Crippen molar-refractivity contribution in [2.45, 2.75) is 81.8 Å². The Balaban J connectivity index is 0.00000208. The topological polar surface area (TPSA) is 140 Å². The fourth-order valence-electron chi connectivity index (χ4n) is 7.43. The van der Waals surface area contributed by atoms with Gasteiger partial charge in [0.25, 0.3) is 15.9 Å². The number of hydrogen-bond acceptors (Lipinski definition) is 9. The van der Waals surface area contributed by atoms with Gasteiger partial charge in [0, 0.05) is 36.3 Å². The standard InChI is InChI=1S/C31H38ClN7O4S.2ClH/c1-29(2)12-10-20(36-29)5-4-17-33-23-6-3-7-26(34-23)44(41,42)38-28(40)21-8-9-24(35-27(21)32)39-18-11-25(37-39)43-19-22-30(13-14-30)31(22)15-16-31;;/h3,6-9,11,18,20,22,36H,4-5,10,12-17,19H2,1-2H3,(H,33,34)(H,38,40);2*1H. The fourth-order valence-corrected chi connectivity index (χ4v) is 8.60. The zero-order valence-electron chi connectivity index (χ0n) is 25.8. The number of amides is 1. The van der Waals surface area contributed by atoms with E-state index in [1.807, 2.05) is 0 Å². The van der Waals surface area contributed by atoms with Gasteiger partial charge in [0.05, 0.1) is 12.2 Å². The third-order valence-corrected chi connectivity index (χ3v) is 11.6. The fraction of sp³-hybridized carbons (Fsp3) is 0.548. The van der Waals surface area contributed by atoms with Gasteiger partial charge in [-0.3, -0.25) is 4.79 Å². The maximum atomic E-state index is 13.0. The Morgan fingerprint density at radius 2 is 1.80 bits per heavy atom. The van der Waals surface area contributed by atoms with Crippen LogP contribution in [0.5, 0.6) is 5.88 Å². The van der Waals surface area contributed by atoms with Crippen LogP contribution in [0.2, 0.25) is 5.15 Å². The summed E-state index contributed by atoms with van der Waals surface area (Å²) >= 11 is 6.33. The van der Waals surface area contributed by atoms with Crippen LogP contribution in [0.3, 0.4) is 0 Å². The molecular weight excluding hydrogens is 673 g/mol. The minimum Gasteiger partial charge on any atom is -0.476 e. The second-order valence-electron chi connectivity index (χ2n) is 13.4. The summed E-state index contributed by atoms with van der Waals surface area (Å²) in [5, 5.41) is 10.8. The quantitative estimate of drug-likeness (QED) is 0.162. The van der Waals surface area contributed by atoms with E-state index in [2.05, 4.69) is 44.3 Å². The molecule has 1 unspecified atom stereocenters. The molecule has 4 aliphatic rings. The van der Waals surface area contributed by atoms with E-state index < -0.39 is 15.9 Å². The first-order chi connectivity index (χ1) is 21.0. The number of ether oxygens (including phenoxy) is 1. The van der Waals surface area contributed by atoms with E-state index in [1.54, 1.807) is 30.5 Å². The summed E-state index contributed by atoms with van der Waals surface area (Å²) in [7, 11) is -4.26. The molecule has 3 N–H and O–H groups in total. The number of sulfonamides is 1. The van der Waals surface area contributed by atoms with Crippen LogP contribution >= 0.6 is 36.4 Å². The number of rotatable bonds is 12. The third-order valence-electron chi connectivity index (χ3n) is 10.1. The first kappa shape index (κ1) is 34.7. The van der Waals surface area contributed by atoms with Crippen molar-refractivity contribution in [3.05, 3.63) is 53.3 Å². The van der Waals surface area contributed by atoms with Crippen LogP contribution in [0.4, 0.5) is 5.82 Å². The lowest BCUT2D eigenvalue weighted by Crippen LogP contribution is -2.37. The molecule has 3 aliphatic carbocycles. The van der Waals surface area contributed by atoms with Gasteiger partial charge in [-0.2, -0.15) is 8.42 Å². The Morgan fingerprint density at radius 1 is 1.07 bits per heavy atom. The molecule has 3 aromatic rings. The van der Waals surface area contributed by atoms with E-state index in [9.17, 15) is 13.2 Å². The van der Waals surface area contributed by atoms with Gasteiger partial charge in [-0.05, 0) is 100 Å². The second-order valence-corrected chi connectivity index (χ2v) is 15.4. The highest BCUT2D eigenvalue weighted by Crippen LogP contribution is 2.92. The molecule has 15 heteroatoms. The van der Waals surface area contributed by atoms with Crippen LogP contribution in [0.25, 0.3) is 5.82 Å². The molecule has 46 heavy (non-hydrogen) atoms. The number of halogens is 3. The average molecular weight is 713 g/mol. The molecule has 1 amide bonds. The van der Waals surface area contributed by atoms with Gasteiger partial charge in [0.15, 0.2) is 10.8 Å². The van der Waals surface area contributed by atoms with Crippen LogP contribution in [0.15, 0.2) is 47.6 Å². The molecule has 3 aromatic heterocycles. The summed E-state index contributed by atoms with van der Waals surface area (Å²) in [5.41, 5.74) is 1.23. The number of fused-ring (bicyclic) bond motifs is 1. The van der Waals surface area contributed by atoms with Gasteiger partial charge in [-0.15, -0.1) is 29.9 Å². The number of aromatic nitrogens is 4. The molecule has 4 fully saturated rings. The monoisotopic (exact) mass is 711 g/mol. The third kappa shape index (κ3) is 6.69. The Kier molecular flexibility index (Phi) is 9.62. The van der Waals surface area contributed by atoms with E-state index in [1.165, 1.54) is 42.5 Å². The van der Waals surface area contributed by atoms with Crippen LogP contribution < -0.4 is 20.1 Å². The van der Waals surface area contributed by atoms with Crippen LogP contribution in [-0.4, -0.2) is 58.8 Å². The zero-order chi connectivity index (χ0) is 30.7. The molecule has 0 aromatic carbocycles. The Labute approximate surface area is 286 Å². The maximum Gasteiger partial charge on any atom is 0.281 e. The molecular formula is C31H40Cl3N7O4S. The highest BCUT2D eigenvalue weighted by molar-refractivity contribution is 7.90. The molecule has 0 radical (unpaired) electrons. The van der Waals surface area contributed by atoms with Crippen LogP contribution in [0.1, 0.15) is 75.6 Å². The first-order valence-corrected chi connectivity index (χ1v) is 17.3. The van der Waals surface area contributed by atoms with Gasteiger partial charge in [0.1, 0.15) is 11.0 Å². The first-order valence-electron chi connectivity index (χ1n) is 15.4. The summed E-state index contributed by atoms with van der Waals surface area (Å²) in [6.45, 7) is 5.77. The predicted molar refractivity (Wildman–Crippen MR) is 180 cm³/mol. The zero-order valence-corrected chi connectivity index (χ0v) is 29.0. The van der Waals surface area contributed by atoms with Crippen molar-refractivity contribution in [2.24, 2.45) is 16.7 Å². The van der Waals surface area contributed by atoms with Gasteiger partial charge in [-0.25, -0.2) is 19.4 Å². The molecule has 1 aliphatic heterocycles. The summed E-state index contributed by atoms with van der Waals surface area (Å²) in [5.74, 6) is 1.04. The van der Waals surface area contributed by atoms with E-state index >= 15 is 0 Å². The molecule has 11 nitrogen and oxygen atoms in total. The van der Waals surface area contributed by atoms with Gasteiger partial charge < -0.3 is 15.4 Å². The smallest absolute Gasteiger partial charge is 0.281 e. The van der Waals surface area contributed by atoms with Crippen molar-refractivity contribution in [1.29, 1.82) is 0 Å².